The summed E-state index contributed by atoms with van der Waals surface area (Å²) >= 11 is 12.9. The first-order valence-corrected chi connectivity index (χ1v) is 13.9. The second-order valence-electron chi connectivity index (χ2n) is 10.1. The molecule has 2 aliphatic heterocycles. The van der Waals surface area contributed by atoms with Crippen molar-refractivity contribution in [2.75, 3.05) is 0 Å². The molecule has 0 saturated heterocycles. The lowest BCUT2D eigenvalue weighted by molar-refractivity contribution is 1.19. The molecule has 9 rings (SSSR count). The van der Waals surface area contributed by atoms with Gasteiger partial charge in [0, 0.05) is 53.8 Å². The number of H-pyrrole nitrogens is 2. The third-order valence-corrected chi connectivity index (χ3v) is 8.04. The maximum atomic E-state index is 6.43. The van der Waals surface area contributed by atoms with Crippen LogP contribution >= 0.6 is 23.2 Å². The molecule has 0 aliphatic carbocycles. The highest BCUT2D eigenvalue weighted by Gasteiger charge is 2.22. The van der Waals surface area contributed by atoms with Gasteiger partial charge in [0.1, 0.15) is 22.6 Å². The number of hydrogen-bond acceptors (Lipinski definition) is 6. The normalized spacial score (nSPS) is 12.0. The Morgan fingerprint density at radius 2 is 0.714 bits per heavy atom. The van der Waals surface area contributed by atoms with Crippen LogP contribution in [-0.4, -0.2) is 39.9 Å². The number of fused-ring (bicyclic) bond motifs is 20. The van der Waals surface area contributed by atoms with Crippen LogP contribution in [0.2, 0.25) is 10.0 Å². The molecule has 8 nitrogen and oxygen atoms in total. The number of nitrogens with one attached hydrogen (secondary N) is 2. The van der Waals surface area contributed by atoms with Crippen molar-refractivity contribution < 1.29 is 0 Å². The van der Waals surface area contributed by atoms with E-state index in [9.17, 15) is 0 Å². The number of aromatic amines is 2. The van der Waals surface area contributed by atoms with Gasteiger partial charge in [-0.15, -0.1) is 0 Å². The summed E-state index contributed by atoms with van der Waals surface area (Å²) in [5.41, 5.74) is 5.78. The van der Waals surface area contributed by atoms with Crippen molar-refractivity contribution in [1.82, 2.24) is 39.9 Å². The van der Waals surface area contributed by atoms with Crippen molar-refractivity contribution in [2.24, 2.45) is 0 Å². The van der Waals surface area contributed by atoms with E-state index in [0.29, 0.717) is 55.9 Å². The maximum Gasteiger partial charge on any atom is 0.164 e. The zero-order chi connectivity index (χ0) is 27.9. The van der Waals surface area contributed by atoms with Crippen molar-refractivity contribution in [3.05, 3.63) is 95.0 Å². The molecule has 0 amide bonds. The summed E-state index contributed by atoms with van der Waals surface area (Å²) in [7, 11) is 0. The number of halogens is 2. The lowest BCUT2D eigenvalue weighted by atomic mass is 10.1. The minimum atomic E-state index is 0.506. The molecule has 5 heterocycles. The summed E-state index contributed by atoms with van der Waals surface area (Å²) in [5.74, 6) is 2.06. The summed E-state index contributed by atoms with van der Waals surface area (Å²) in [6.45, 7) is 0. The summed E-state index contributed by atoms with van der Waals surface area (Å²) in [6, 6.07) is 27.2. The van der Waals surface area contributed by atoms with Gasteiger partial charge in [-0.2, -0.15) is 0 Å². The molecular weight excluding hydrogens is 567 g/mol. The third-order valence-electron chi connectivity index (χ3n) is 7.57. The van der Waals surface area contributed by atoms with Crippen molar-refractivity contribution in [3.63, 3.8) is 0 Å². The summed E-state index contributed by atoms with van der Waals surface area (Å²) in [6.07, 6.45) is 0. The molecule has 198 valence electrons. The molecule has 2 aliphatic rings. The van der Waals surface area contributed by atoms with Gasteiger partial charge in [-0.3, -0.25) is 0 Å². The zero-order valence-corrected chi connectivity index (χ0v) is 23.0. The average Bonchev–Trinajstić information content (AvgIpc) is 3.72. The topological polar surface area (TPSA) is 109 Å². The van der Waals surface area contributed by atoms with Gasteiger partial charge in [-0.05, 0) is 36.4 Å². The first-order chi connectivity index (χ1) is 20.6. The molecule has 0 radical (unpaired) electrons. The number of hydrogen-bond donors (Lipinski definition) is 2. The fourth-order valence-corrected chi connectivity index (χ4v) is 5.98. The van der Waals surface area contributed by atoms with E-state index in [2.05, 4.69) is 9.97 Å². The quantitative estimate of drug-likeness (QED) is 0.186. The zero-order valence-electron chi connectivity index (χ0n) is 21.5. The minimum absolute atomic E-state index is 0.506. The molecule has 0 unspecified atom stereocenters. The Balaban J connectivity index is 1.51. The van der Waals surface area contributed by atoms with Crippen LogP contribution in [0.4, 0.5) is 0 Å². The van der Waals surface area contributed by atoms with Crippen molar-refractivity contribution in [2.45, 2.75) is 0 Å². The van der Waals surface area contributed by atoms with E-state index in [1.165, 1.54) is 0 Å². The lowest BCUT2D eigenvalue weighted by Gasteiger charge is -1.98. The Bertz CT molecular complexity index is 2290. The van der Waals surface area contributed by atoms with Crippen LogP contribution in [0.15, 0.2) is 84.9 Å². The van der Waals surface area contributed by atoms with Crippen molar-refractivity contribution in [1.29, 1.82) is 0 Å². The predicted molar refractivity (Wildman–Crippen MR) is 166 cm³/mol. The molecule has 3 aromatic heterocycles. The highest BCUT2D eigenvalue weighted by Crippen LogP contribution is 2.38. The minimum Gasteiger partial charge on any atom is -0.324 e. The molecule has 4 aromatic carbocycles. The number of benzene rings is 4. The van der Waals surface area contributed by atoms with Gasteiger partial charge in [-0.25, -0.2) is 29.9 Å². The van der Waals surface area contributed by atoms with Crippen LogP contribution in [0.1, 0.15) is 0 Å². The van der Waals surface area contributed by atoms with E-state index >= 15 is 0 Å². The van der Waals surface area contributed by atoms with Gasteiger partial charge in [-0.1, -0.05) is 71.7 Å². The van der Waals surface area contributed by atoms with Gasteiger partial charge < -0.3 is 9.97 Å². The highest BCUT2D eigenvalue weighted by atomic mass is 35.5. The monoisotopic (exact) mass is 582 g/mol. The van der Waals surface area contributed by atoms with Gasteiger partial charge in [0.05, 0.1) is 0 Å². The first kappa shape index (κ1) is 23.5. The number of nitrogens with zero attached hydrogens (tertiary/aromatic N) is 6. The van der Waals surface area contributed by atoms with Crippen molar-refractivity contribution >= 4 is 67.3 Å². The third kappa shape index (κ3) is 3.49. The fraction of sp³-hybridized carbons (Fsp3) is 0. The molecule has 10 heteroatoms. The molecule has 0 fully saturated rings. The van der Waals surface area contributed by atoms with E-state index in [1.807, 2.05) is 84.9 Å². The van der Waals surface area contributed by atoms with E-state index in [0.717, 1.165) is 43.8 Å². The molecule has 42 heavy (non-hydrogen) atoms. The van der Waals surface area contributed by atoms with Crippen molar-refractivity contribution in [3.8, 4) is 45.6 Å². The maximum absolute atomic E-state index is 6.43. The number of rotatable bonds is 0. The van der Waals surface area contributed by atoms with Crippen LogP contribution in [-0.2, 0) is 0 Å². The van der Waals surface area contributed by atoms with Crippen LogP contribution in [0.3, 0.4) is 0 Å². The van der Waals surface area contributed by atoms with E-state index < -0.39 is 0 Å². The molecule has 2 N–H and O–H groups in total. The number of aromatic nitrogens is 8. The standard InChI is InChI=1S/C32H16Cl2N8/c33-15-9-11-21-23(13-15)32-40-28-20-8-4-2-6-18(20)26(36-28)38-30-22-12-10-16(34)14-24(22)31(42-30)39-27-19-7-3-1-5-17(19)25(35-27)37-29(21)41-32/h1-14H,(H2,35,36,37,38,39,40,41,42). The largest absolute Gasteiger partial charge is 0.324 e. The van der Waals surface area contributed by atoms with Crippen LogP contribution in [0.25, 0.3) is 89.7 Å². The Hall–Kier alpha value is -5.18. The van der Waals surface area contributed by atoms with Crippen LogP contribution < -0.4 is 0 Å². The second-order valence-corrected chi connectivity index (χ2v) is 11.0. The van der Waals surface area contributed by atoms with Gasteiger partial charge in [0.25, 0.3) is 0 Å². The summed E-state index contributed by atoms with van der Waals surface area (Å²) in [5, 5.41) is 4.80. The Morgan fingerprint density at radius 1 is 0.381 bits per heavy atom. The van der Waals surface area contributed by atoms with Crippen LogP contribution in [0.5, 0.6) is 0 Å². The fourth-order valence-electron chi connectivity index (χ4n) is 5.64. The van der Waals surface area contributed by atoms with Gasteiger partial charge in [0.2, 0.25) is 0 Å². The lowest BCUT2D eigenvalue weighted by Crippen LogP contribution is -1.83. The van der Waals surface area contributed by atoms with E-state index in [1.54, 1.807) is 0 Å². The molecule has 0 atom stereocenters. The van der Waals surface area contributed by atoms with E-state index in [-0.39, 0.29) is 0 Å². The Morgan fingerprint density at radius 3 is 1.07 bits per heavy atom. The Labute approximate surface area is 247 Å². The predicted octanol–water partition coefficient (Wildman–Crippen LogP) is 8.18. The second kappa shape index (κ2) is 8.66. The van der Waals surface area contributed by atoms with Gasteiger partial charge >= 0.3 is 0 Å². The molecule has 7 aromatic rings. The molecule has 0 spiro atoms. The van der Waals surface area contributed by atoms with Gasteiger partial charge in [0.15, 0.2) is 23.3 Å². The highest BCUT2D eigenvalue weighted by molar-refractivity contribution is 6.31. The summed E-state index contributed by atoms with van der Waals surface area (Å²) < 4.78 is 0. The summed E-state index contributed by atoms with van der Waals surface area (Å²) in [4.78, 5) is 36.6. The molecular formula is C32H16Cl2N8. The van der Waals surface area contributed by atoms with E-state index in [4.69, 9.17) is 53.1 Å². The smallest absolute Gasteiger partial charge is 0.164 e. The average molecular weight is 583 g/mol. The van der Waals surface area contributed by atoms with Crippen LogP contribution in [0, 0.1) is 0 Å². The molecule has 8 bridgehead atoms. The first-order valence-electron chi connectivity index (χ1n) is 13.2. The SMILES string of the molecule is Clc1ccc2c(c1)-c1nc-2nc2[nH]c(nc3nc(nc4[nH]c(n1)c1ccccc41)-c1ccc(Cl)cc1-3)c1ccccc21. The molecule has 0 saturated carbocycles. The Kier molecular flexibility index (Phi) is 4.85.